The zero-order valence-electron chi connectivity index (χ0n) is 17.0. The molecule has 0 bridgehead atoms. The van der Waals surface area contributed by atoms with Crippen molar-refractivity contribution < 1.29 is 27.5 Å². The maximum atomic E-state index is 13.3. The Balaban J connectivity index is 1.71. The molecule has 0 spiro atoms. The van der Waals surface area contributed by atoms with Gasteiger partial charge in [0.1, 0.15) is 11.4 Å². The molecule has 2 amide bonds. The van der Waals surface area contributed by atoms with Crippen LogP contribution in [0.25, 0.3) is 5.57 Å². The molecule has 0 saturated carbocycles. The molecule has 0 unspecified atom stereocenters. The number of ether oxygens (including phenoxy) is 1. The monoisotopic (exact) mass is 458 g/mol. The first-order valence-electron chi connectivity index (χ1n) is 9.50. The highest BCUT2D eigenvalue weighted by Crippen LogP contribution is 2.36. The van der Waals surface area contributed by atoms with Gasteiger partial charge in [-0.05, 0) is 72.8 Å². The van der Waals surface area contributed by atoms with E-state index < -0.39 is 18.2 Å². The molecule has 2 heterocycles. The zero-order valence-corrected chi connectivity index (χ0v) is 17.8. The zero-order chi connectivity index (χ0) is 23.0. The Morgan fingerprint density at radius 2 is 1.59 bits per heavy atom. The number of hydrogen-bond acceptors (Lipinski definition) is 5. The van der Waals surface area contributed by atoms with Crippen LogP contribution >= 0.6 is 11.3 Å². The lowest BCUT2D eigenvalue weighted by molar-refractivity contribution is -0.274. The van der Waals surface area contributed by atoms with Gasteiger partial charge in [-0.3, -0.25) is 9.59 Å². The average Bonchev–Trinajstić information content (AvgIpc) is 3.28. The highest BCUT2D eigenvalue weighted by atomic mass is 32.1. The minimum absolute atomic E-state index is 0.0566. The molecule has 1 N–H and O–H groups in total. The molecule has 32 heavy (non-hydrogen) atoms. The number of amides is 2. The number of halogens is 3. The predicted octanol–water partition coefficient (Wildman–Crippen LogP) is 5.66. The smallest absolute Gasteiger partial charge is 0.406 e. The van der Waals surface area contributed by atoms with Crippen LogP contribution in [0.15, 0.2) is 65.7 Å². The number of rotatable bonds is 5. The Bertz CT molecular complexity index is 1200. The number of thiophene rings is 1. The molecule has 3 aromatic rings. The standard InChI is InChI=1S/C23H17F3N2O3S/c1-13-10-14(2)12-16(11-13)28-21(29)19(18-4-3-9-32-18)20(22(28)30)27-15-5-7-17(8-6-15)31-23(24,25)26/h3-12,27H,1-2H3. The topological polar surface area (TPSA) is 58.6 Å². The number of nitrogens with zero attached hydrogens (tertiary/aromatic N) is 1. The van der Waals surface area contributed by atoms with E-state index in [0.29, 0.717) is 16.3 Å². The van der Waals surface area contributed by atoms with Crippen molar-refractivity contribution in [3.8, 4) is 5.75 Å². The predicted molar refractivity (Wildman–Crippen MR) is 116 cm³/mol. The van der Waals surface area contributed by atoms with Crippen molar-refractivity contribution >= 4 is 40.1 Å². The van der Waals surface area contributed by atoms with Crippen LogP contribution in [0.3, 0.4) is 0 Å². The van der Waals surface area contributed by atoms with Crippen LogP contribution in [0.5, 0.6) is 5.75 Å². The molecule has 0 aliphatic carbocycles. The van der Waals surface area contributed by atoms with Gasteiger partial charge >= 0.3 is 6.36 Å². The maximum absolute atomic E-state index is 13.3. The highest BCUT2D eigenvalue weighted by molar-refractivity contribution is 7.11. The van der Waals surface area contributed by atoms with Gasteiger partial charge in [-0.15, -0.1) is 24.5 Å². The second-order valence-corrected chi connectivity index (χ2v) is 8.16. The largest absolute Gasteiger partial charge is 0.573 e. The Labute approximate surface area is 185 Å². The van der Waals surface area contributed by atoms with Crippen LogP contribution in [0, 0.1) is 13.8 Å². The first kappa shape index (κ1) is 21.6. The van der Waals surface area contributed by atoms with Crippen molar-refractivity contribution in [2.75, 3.05) is 10.2 Å². The Kier molecular flexibility index (Phi) is 5.52. The van der Waals surface area contributed by atoms with Gasteiger partial charge in [-0.1, -0.05) is 12.1 Å². The Morgan fingerprint density at radius 3 is 2.16 bits per heavy atom. The summed E-state index contributed by atoms with van der Waals surface area (Å²) in [5, 5.41) is 4.71. The van der Waals surface area contributed by atoms with Gasteiger partial charge in [0.2, 0.25) is 0 Å². The Hall–Kier alpha value is -3.59. The third-order valence-electron chi connectivity index (χ3n) is 4.67. The van der Waals surface area contributed by atoms with Crippen LogP contribution in [0.1, 0.15) is 16.0 Å². The summed E-state index contributed by atoms with van der Waals surface area (Å²) in [5.74, 6) is -1.40. The van der Waals surface area contributed by atoms with Crippen molar-refractivity contribution in [2.24, 2.45) is 0 Å². The first-order valence-corrected chi connectivity index (χ1v) is 10.4. The van der Waals surface area contributed by atoms with E-state index in [1.54, 1.807) is 29.6 Å². The molecule has 0 saturated heterocycles. The molecular weight excluding hydrogens is 441 g/mol. The summed E-state index contributed by atoms with van der Waals surface area (Å²) in [5.41, 5.74) is 2.87. The van der Waals surface area contributed by atoms with Crippen LogP contribution < -0.4 is 15.0 Å². The summed E-state index contributed by atoms with van der Waals surface area (Å²) >= 11 is 1.31. The van der Waals surface area contributed by atoms with Crippen LogP contribution in [-0.2, 0) is 9.59 Å². The fourth-order valence-electron chi connectivity index (χ4n) is 3.49. The van der Waals surface area contributed by atoms with E-state index in [-0.39, 0.29) is 17.0 Å². The number of anilines is 2. The van der Waals surface area contributed by atoms with Gasteiger partial charge in [0, 0.05) is 10.6 Å². The quantitative estimate of drug-likeness (QED) is 0.502. The van der Waals surface area contributed by atoms with Crippen LogP contribution in [0.2, 0.25) is 0 Å². The molecule has 1 aliphatic heterocycles. The number of imide groups is 1. The summed E-state index contributed by atoms with van der Waals surface area (Å²) in [6.07, 6.45) is -4.80. The molecule has 164 valence electrons. The van der Waals surface area contributed by atoms with Gasteiger partial charge in [0.15, 0.2) is 0 Å². The lowest BCUT2D eigenvalue weighted by atomic mass is 10.1. The SMILES string of the molecule is Cc1cc(C)cc(N2C(=O)C(Nc3ccc(OC(F)(F)F)cc3)=C(c3cccs3)C2=O)c1. The summed E-state index contributed by atoms with van der Waals surface area (Å²) in [4.78, 5) is 28.4. The molecule has 5 nitrogen and oxygen atoms in total. The number of aryl methyl sites for hydroxylation is 2. The van der Waals surface area contributed by atoms with Crippen LogP contribution in [0.4, 0.5) is 24.5 Å². The second kappa shape index (κ2) is 8.16. The number of benzene rings is 2. The van der Waals surface area contributed by atoms with Crippen molar-refractivity contribution in [3.63, 3.8) is 0 Å². The molecule has 0 atom stereocenters. The molecule has 0 fully saturated rings. The molecule has 9 heteroatoms. The minimum Gasteiger partial charge on any atom is -0.406 e. The Morgan fingerprint density at radius 1 is 0.938 bits per heavy atom. The molecule has 1 aliphatic rings. The first-order chi connectivity index (χ1) is 15.1. The van der Waals surface area contributed by atoms with Gasteiger partial charge in [0.05, 0.1) is 11.3 Å². The number of carbonyl (C=O) groups is 2. The molecule has 4 rings (SSSR count). The number of hydrogen-bond donors (Lipinski definition) is 1. The maximum Gasteiger partial charge on any atom is 0.573 e. The fourth-order valence-corrected chi connectivity index (χ4v) is 4.26. The van der Waals surface area contributed by atoms with Gasteiger partial charge in [-0.2, -0.15) is 0 Å². The van der Waals surface area contributed by atoms with Gasteiger partial charge in [-0.25, -0.2) is 4.90 Å². The highest BCUT2D eigenvalue weighted by Gasteiger charge is 2.41. The van der Waals surface area contributed by atoms with Crippen molar-refractivity contribution in [1.29, 1.82) is 0 Å². The third-order valence-corrected chi connectivity index (χ3v) is 5.56. The van der Waals surface area contributed by atoms with Crippen molar-refractivity contribution in [3.05, 3.63) is 81.7 Å². The van der Waals surface area contributed by atoms with Gasteiger partial charge < -0.3 is 10.1 Å². The molecule has 1 aromatic heterocycles. The molecule has 0 radical (unpaired) electrons. The van der Waals surface area contributed by atoms with E-state index in [0.717, 1.165) is 28.2 Å². The summed E-state index contributed by atoms with van der Waals surface area (Å²) in [6.45, 7) is 3.75. The normalized spacial score (nSPS) is 14.3. The van der Waals surface area contributed by atoms with Crippen molar-refractivity contribution in [1.82, 2.24) is 0 Å². The summed E-state index contributed by atoms with van der Waals surface area (Å²) < 4.78 is 41.1. The van der Waals surface area contributed by atoms with E-state index in [1.165, 1.54) is 23.5 Å². The number of alkyl halides is 3. The summed E-state index contributed by atoms with van der Waals surface area (Å²) in [7, 11) is 0. The molecule has 2 aromatic carbocycles. The lowest BCUT2D eigenvalue weighted by Crippen LogP contribution is -2.32. The van der Waals surface area contributed by atoms with E-state index in [4.69, 9.17) is 0 Å². The lowest BCUT2D eigenvalue weighted by Gasteiger charge is -2.17. The fraction of sp³-hybridized carbons (Fsp3) is 0.130. The van der Waals surface area contributed by atoms with E-state index in [1.807, 2.05) is 19.9 Å². The molecular formula is C23H17F3N2O3S. The van der Waals surface area contributed by atoms with E-state index >= 15 is 0 Å². The van der Waals surface area contributed by atoms with Gasteiger partial charge in [0.25, 0.3) is 11.8 Å². The van der Waals surface area contributed by atoms with Crippen molar-refractivity contribution in [2.45, 2.75) is 20.2 Å². The average molecular weight is 458 g/mol. The van der Waals surface area contributed by atoms with Crippen LogP contribution in [-0.4, -0.2) is 18.2 Å². The summed E-state index contributed by atoms with van der Waals surface area (Å²) in [6, 6.07) is 13.9. The van der Waals surface area contributed by atoms with E-state index in [9.17, 15) is 22.8 Å². The minimum atomic E-state index is -4.80. The third kappa shape index (κ3) is 4.38. The number of carbonyl (C=O) groups excluding carboxylic acids is 2. The number of nitrogens with one attached hydrogen (secondary N) is 1. The second-order valence-electron chi connectivity index (χ2n) is 7.22. The van der Waals surface area contributed by atoms with E-state index in [2.05, 4.69) is 10.1 Å².